The Morgan fingerprint density at radius 2 is 1.63 bits per heavy atom. The predicted octanol–water partition coefficient (Wildman–Crippen LogP) is 3.52. The molecule has 0 aliphatic heterocycles. The van der Waals surface area contributed by atoms with Crippen molar-refractivity contribution in [2.24, 2.45) is 0 Å². The Balaban J connectivity index is 2.29. The first-order valence-corrected chi connectivity index (χ1v) is 6.13. The summed E-state index contributed by atoms with van der Waals surface area (Å²) in [6, 6.07) is 14.6. The number of nitrogens with zero attached hydrogens (tertiary/aromatic N) is 2. The minimum atomic E-state index is 0.695. The molecule has 1 aromatic heterocycles. The normalized spacial score (nSPS) is 11.4. The third-order valence-electron chi connectivity index (χ3n) is 3.50. The van der Waals surface area contributed by atoms with E-state index in [-0.39, 0.29) is 0 Å². The number of hydrogen-bond donors (Lipinski definition) is 1. The van der Waals surface area contributed by atoms with Crippen molar-refractivity contribution < 1.29 is 0 Å². The summed E-state index contributed by atoms with van der Waals surface area (Å²) in [5.74, 6) is 0. The van der Waals surface area contributed by atoms with Crippen LogP contribution in [0.2, 0.25) is 0 Å². The van der Waals surface area contributed by atoms with Crippen LogP contribution in [0.15, 0.2) is 55.0 Å². The van der Waals surface area contributed by atoms with Gasteiger partial charge >= 0.3 is 0 Å². The lowest BCUT2D eigenvalue weighted by Crippen LogP contribution is -1.92. The Morgan fingerprint density at radius 3 is 2.47 bits per heavy atom. The van der Waals surface area contributed by atoms with E-state index in [0.29, 0.717) is 5.69 Å². The Kier molecular flexibility index (Phi) is 1.97. The number of nitrogen functional groups attached to an aromatic ring is 1. The fraction of sp³-hybridized carbons (Fsp3) is 0. The number of anilines is 1. The van der Waals surface area contributed by atoms with Gasteiger partial charge in [-0.15, -0.1) is 0 Å². The molecule has 0 amide bonds. The summed E-state index contributed by atoms with van der Waals surface area (Å²) >= 11 is 0. The van der Waals surface area contributed by atoms with Crippen LogP contribution in [-0.2, 0) is 0 Å². The van der Waals surface area contributed by atoms with Gasteiger partial charge in [-0.05, 0) is 39.7 Å². The molecule has 0 aliphatic carbocycles. The van der Waals surface area contributed by atoms with Crippen LogP contribution in [-0.4, -0.2) is 9.97 Å². The summed E-state index contributed by atoms with van der Waals surface area (Å²) in [5.41, 5.74) is 7.59. The van der Waals surface area contributed by atoms with Gasteiger partial charge in [-0.3, -0.25) is 0 Å². The van der Waals surface area contributed by atoms with E-state index in [1.54, 1.807) is 0 Å². The van der Waals surface area contributed by atoms with Gasteiger partial charge in [-0.2, -0.15) is 0 Å². The van der Waals surface area contributed by atoms with Crippen molar-refractivity contribution in [3.8, 4) is 0 Å². The number of rotatable bonds is 0. The lowest BCUT2D eigenvalue weighted by molar-refractivity contribution is 1.23. The number of hydrogen-bond acceptors (Lipinski definition) is 3. The van der Waals surface area contributed by atoms with E-state index in [1.807, 2.05) is 24.4 Å². The van der Waals surface area contributed by atoms with E-state index in [9.17, 15) is 0 Å². The van der Waals surface area contributed by atoms with Crippen LogP contribution in [0.3, 0.4) is 0 Å². The molecule has 3 aromatic carbocycles. The van der Waals surface area contributed by atoms with Crippen molar-refractivity contribution in [1.29, 1.82) is 0 Å². The third-order valence-corrected chi connectivity index (χ3v) is 3.50. The highest BCUT2D eigenvalue weighted by molar-refractivity contribution is 6.14. The number of aromatic nitrogens is 2. The average molecular weight is 245 g/mol. The summed E-state index contributed by atoms with van der Waals surface area (Å²) in [6.45, 7) is 0. The minimum Gasteiger partial charge on any atom is -0.397 e. The second kappa shape index (κ2) is 3.65. The molecule has 0 radical (unpaired) electrons. The third kappa shape index (κ3) is 1.45. The van der Waals surface area contributed by atoms with Crippen LogP contribution in [0.4, 0.5) is 5.69 Å². The first-order chi connectivity index (χ1) is 9.33. The summed E-state index contributed by atoms with van der Waals surface area (Å²) < 4.78 is 0. The Bertz CT molecular complexity index is 929. The standard InChI is InChI=1S/C16H11N3/c17-15-7-12-5-10-3-1-2-4-11(10)6-13(12)14-8-18-9-19-16(14)15/h1-9H,17H2. The molecule has 0 fully saturated rings. The molecule has 90 valence electrons. The number of fused-ring (bicyclic) bond motifs is 4. The second-order valence-electron chi connectivity index (χ2n) is 4.67. The molecule has 19 heavy (non-hydrogen) atoms. The van der Waals surface area contributed by atoms with E-state index in [4.69, 9.17) is 5.73 Å². The van der Waals surface area contributed by atoms with Gasteiger partial charge in [0, 0.05) is 11.6 Å². The fourth-order valence-electron chi connectivity index (χ4n) is 2.60. The highest BCUT2D eigenvalue weighted by atomic mass is 14.8. The maximum absolute atomic E-state index is 6.08. The van der Waals surface area contributed by atoms with Crippen LogP contribution < -0.4 is 5.73 Å². The molecule has 0 saturated heterocycles. The molecule has 0 bridgehead atoms. The lowest BCUT2D eigenvalue weighted by Gasteiger charge is -2.07. The van der Waals surface area contributed by atoms with Gasteiger partial charge in [0.1, 0.15) is 6.33 Å². The van der Waals surface area contributed by atoms with Gasteiger partial charge < -0.3 is 5.73 Å². The average Bonchev–Trinajstić information content (AvgIpc) is 2.46. The van der Waals surface area contributed by atoms with Gasteiger partial charge in [0.15, 0.2) is 0 Å². The van der Waals surface area contributed by atoms with E-state index >= 15 is 0 Å². The zero-order chi connectivity index (χ0) is 12.8. The first kappa shape index (κ1) is 10.3. The van der Waals surface area contributed by atoms with Gasteiger partial charge in [0.05, 0.1) is 11.2 Å². The van der Waals surface area contributed by atoms with Gasteiger partial charge in [-0.1, -0.05) is 24.3 Å². The second-order valence-corrected chi connectivity index (χ2v) is 4.67. The summed E-state index contributed by atoms with van der Waals surface area (Å²) in [5, 5.41) is 5.70. The predicted molar refractivity (Wildman–Crippen MR) is 79.0 cm³/mol. The van der Waals surface area contributed by atoms with E-state index in [0.717, 1.165) is 21.7 Å². The molecule has 0 aliphatic rings. The Morgan fingerprint density at radius 1 is 0.842 bits per heavy atom. The Labute approximate surface area is 109 Å². The zero-order valence-corrected chi connectivity index (χ0v) is 10.2. The largest absolute Gasteiger partial charge is 0.397 e. The molecular weight excluding hydrogens is 234 g/mol. The lowest BCUT2D eigenvalue weighted by atomic mass is 10.00. The van der Waals surface area contributed by atoms with Crippen LogP contribution in [0, 0.1) is 0 Å². The van der Waals surface area contributed by atoms with Crippen molar-refractivity contribution >= 4 is 38.1 Å². The molecule has 4 aromatic rings. The van der Waals surface area contributed by atoms with Crippen LogP contribution >= 0.6 is 0 Å². The first-order valence-electron chi connectivity index (χ1n) is 6.13. The molecule has 3 nitrogen and oxygen atoms in total. The van der Waals surface area contributed by atoms with E-state index in [1.165, 1.54) is 17.1 Å². The van der Waals surface area contributed by atoms with E-state index < -0.39 is 0 Å². The summed E-state index contributed by atoms with van der Waals surface area (Å²) in [6.07, 6.45) is 3.36. The molecule has 2 N–H and O–H groups in total. The maximum Gasteiger partial charge on any atom is 0.116 e. The number of benzene rings is 3. The molecule has 4 rings (SSSR count). The van der Waals surface area contributed by atoms with Gasteiger partial charge in [0.2, 0.25) is 0 Å². The SMILES string of the molecule is Nc1cc2cc3ccccc3cc2c2cncnc12. The van der Waals surface area contributed by atoms with Crippen molar-refractivity contribution in [1.82, 2.24) is 9.97 Å². The molecule has 1 heterocycles. The van der Waals surface area contributed by atoms with E-state index in [2.05, 4.69) is 34.2 Å². The van der Waals surface area contributed by atoms with Crippen LogP contribution in [0.1, 0.15) is 0 Å². The maximum atomic E-state index is 6.08. The molecule has 0 spiro atoms. The van der Waals surface area contributed by atoms with Gasteiger partial charge in [-0.25, -0.2) is 9.97 Å². The molecule has 3 heteroatoms. The fourth-order valence-corrected chi connectivity index (χ4v) is 2.60. The van der Waals surface area contributed by atoms with Crippen molar-refractivity contribution in [2.45, 2.75) is 0 Å². The molecule has 0 atom stereocenters. The topological polar surface area (TPSA) is 51.8 Å². The van der Waals surface area contributed by atoms with Crippen molar-refractivity contribution in [3.05, 3.63) is 55.0 Å². The zero-order valence-electron chi connectivity index (χ0n) is 10.2. The monoisotopic (exact) mass is 245 g/mol. The quantitative estimate of drug-likeness (QED) is 0.293. The summed E-state index contributed by atoms with van der Waals surface area (Å²) in [7, 11) is 0. The van der Waals surface area contributed by atoms with Gasteiger partial charge in [0.25, 0.3) is 0 Å². The molecule has 0 saturated carbocycles. The van der Waals surface area contributed by atoms with Crippen molar-refractivity contribution in [2.75, 3.05) is 5.73 Å². The van der Waals surface area contributed by atoms with Crippen molar-refractivity contribution in [3.63, 3.8) is 0 Å². The smallest absolute Gasteiger partial charge is 0.116 e. The Hall–Kier alpha value is -2.68. The van der Waals surface area contributed by atoms with Crippen LogP contribution in [0.5, 0.6) is 0 Å². The highest BCUT2D eigenvalue weighted by Gasteiger charge is 2.06. The molecule has 0 unspecified atom stereocenters. The minimum absolute atomic E-state index is 0.695. The van der Waals surface area contributed by atoms with Crippen LogP contribution in [0.25, 0.3) is 32.4 Å². The summed E-state index contributed by atoms with van der Waals surface area (Å²) in [4.78, 5) is 8.39. The number of nitrogens with two attached hydrogens (primary N) is 1. The highest BCUT2D eigenvalue weighted by Crippen LogP contribution is 2.31. The molecular formula is C16H11N3.